The van der Waals surface area contributed by atoms with Crippen LogP contribution in [-0.2, 0) is 14.3 Å². The molecule has 1 rings (SSSR count). The fourth-order valence-corrected chi connectivity index (χ4v) is 1.28. The van der Waals surface area contributed by atoms with Crippen LogP contribution in [0.1, 0.15) is 6.42 Å². The van der Waals surface area contributed by atoms with Gasteiger partial charge in [-0.05, 0) is 0 Å². The summed E-state index contributed by atoms with van der Waals surface area (Å²) in [4.78, 5) is 13.1. The fourth-order valence-electron chi connectivity index (χ4n) is 1.28. The highest BCUT2D eigenvalue weighted by Gasteiger charge is 2.31. The molecular weight excluding hydrogens is 170 g/mol. The highest BCUT2D eigenvalue weighted by molar-refractivity contribution is 5.83. The number of methoxy groups -OCH3 is 1. The molecule has 1 fully saturated rings. The van der Waals surface area contributed by atoms with Crippen LogP contribution in [0, 0.1) is 12.3 Å². The van der Waals surface area contributed by atoms with E-state index in [9.17, 15) is 4.79 Å². The fraction of sp³-hybridized carbons (Fsp3) is 0.667. The molecule has 4 nitrogen and oxygen atoms in total. The van der Waals surface area contributed by atoms with Gasteiger partial charge in [0, 0.05) is 20.1 Å². The largest absolute Gasteiger partial charge is 0.359 e. The lowest BCUT2D eigenvalue weighted by Gasteiger charge is -2.12. The Balaban J connectivity index is 2.37. The first-order valence-electron chi connectivity index (χ1n) is 4.12. The van der Waals surface area contributed by atoms with E-state index in [1.807, 2.05) is 0 Å². The molecule has 0 aromatic rings. The summed E-state index contributed by atoms with van der Waals surface area (Å²) in [6, 6.07) is 0. The number of likely N-dealkylation sites (tertiary alicyclic amines) is 1. The summed E-state index contributed by atoms with van der Waals surface area (Å²) < 4.78 is 9.87. The Kier molecular flexibility index (Phi) is 3.74. The second kappa shape index (κ2) is 4.85. The Morgan fingerprint density at radius 3 is 3.15 bits per heavy atom. The lowest BCUT2D eigenvalue weighted by Crippen LogP contribution is -2.31. The van der Waals surface area contributed by atoms with Crippen LogP contribution in [-0.4, -0.2) is 43.9 Å². The predicted octanol–water partition coefficient (Wildman–Crippen LogP) is -0.159. The van der Waals surface area contributed by atoms with E-state index in [1.54, 1.807) is 4.90 Å². The molecule has 1 heterocycles. The Labute approximate surface area is 77.8 Å². The van der Waals surface area contributed by atoms with Crippen LogP contribution in [0.25, 0.3) is 0 Å². The van der Waals surface area contributed by atoms with Gasteiger partial charge in [-0.1, -0.05) is 5.92 Å². The van der Waals surface area contributed by atoms with Gasteiger partial charge in [0.2, 0.25) is 0 Å². The number of hydrogen-bond donors (Lipinski definition) is 0. The lowest BCUT2D eigenvalue weighted by molar-refractivity contribution is -0.144. The molecule has 0 aromatic heterocycles. The van der Waals surface area contributed by atoms with Crippen molar-refractivity contribution in [2.45, 2.75) is 12.5 Å². The molecule has 72 valence electrons. The molecular formula is C9H13NO3. The Hall–Kier alpha value is -1.05. The third-order valence-corrected chi connectivity index (χ3v) is 1.92. The molecule has 1 aliphatic rings. The molecule has 0 spiro atoms. The van der Waals surface area contributed by atoms with Gasteiger partial charge in [0.05, 0.1) is 6.54 Å². The highest BCUT2D eigenvalue weighted by atomic mass is 16.7. The predicted molar refractivity (Wildman–Crippen MR) is 46.8 cm³/mol. The summed E-state index contributed by atoms with van der Waals surface area (Å²) >= 11 is 0. The van der Waals surface area contributed by atoms with E-state index in [0.29, 0.717) is 19.5 Å². The average Bonchev–Trinajstić information content (AvgIpc) is 2.46. The minimum atomic E-state index is -0.367. The first-order valence-corrected chi connectivity index (χ1v) is 4.12. The van der Waals surface area contributed by atoms with E-state index in [0.717, 1.165) is 0 Å². The van der Waals surface area contributed by atoms with Crippen molar-refractivity contribution in [3.8, 4) is 12.3 Å². The lowest BCUT2D eigenvalue weighted by atomic mass is 10.3. The zero-order valence-electron chi connectivity index (χ0n) is 7.66. The van der Waals surface area contributed by atoms with Crippen molar-refractivity contribution in [1.82, 2.24) is 4.90 Å². The van der Waals surface area contributed by atoms with Crippen LogP contribution in [0.15, 0.2) is 0 Å². The molecule has 0 saturated carbocycles. The number of amides is 1. The minimum absolute atomic E-state index is 0.0324. The first-order chi connectivity index (χ1) is 6.29. The molecule has 0 bridgehead atoms. The molecule has 1 atom stereocenters. The van der Waals surface area contributed by atoms with Gasteiger partial charge in [0.25, 0.3) is 5.91 Å². The van der Waals surface area contributed by atoms with E-state index >= 15 is 0 Å². The van der Waals surface area contributed by atoms with E-state index < -0.39 is 0 Å². The number of terminal acetylenes is 1. The van der Waals surface area contributed by atoms with Crippen LogP contribution in [0.3, 0.4) is 0 Å². The molecule has 0 radical (unpaired) electrons. The van der Waals surface area contributed by atoms with E-state index in [4.69, 9.17) is 15.9 Å². The molecule has 13 heavy (non-hydrogen) atoms. The van der Waals surface area contributed by atoms with Crippen molar-refractivity contribution in [2.75, 3.05) is 27.0 Å². The molecule has 1 saturated heterocycles. The highest BCUT2D eigenvalue weighted by Crippen LogP contribution is 2.13. The first kappa shape index (κ1) is 10.0. The normalized spacial score (nSPS) is 22.0. The van der Waals surface area contributed by atoms with Gasteiger partial charge in [-0.15, -0.1) is 6.42 Å². The van der Waals surface area contributed by atoms with Gasteiger partial charge in [-0.2, -0.15) is 0 Å². The van der Waals surface area contributed by atoms with Crippen molar-refractivity contribution in [3.05, 3.63) is 0 Å². The molecule has 0 aliphatic carbocycles. The zero-order chi connectivity index (χ0) is 9.68. The topological polar surface area (TPSA) is 38.8 Å². The summed E-state index contributed by atoms with van der Waals surface area (Å²) in [6.07, 6.45) is 5.44. The number of rotatable bonds is 4. The molecule has 1 amide bonds. The quantitative estimate of drug-likeness (QED) is 0.449. The summed E-state index contributed by atoms with van der Waals surface area (Å²) in [6.45, 7) is 1.20. The number of carbonyl (C=O) groups is 1. The maximum Gasteiger partial charge on any atom is 0.252 e. The number of ether oxygens (including phenoxy) is 2. The Morgan fingerprint density at radius 1 is 1.77 bits per heavy atom. The van der Waals surface area contributed by atoms with Gasteiger partial charge in [0.15, 0.2) is 0 Å². The summed E-state index contributed by atoms with van der Waals surface area (Å²) in [5.74, 6) is 2.40. The van der Waals surface area contributed by atoms with Crippen molar-refractivity contribution in [1.29, 1.82) is 0 Å². The van der Waals surface area contributed by atoms with E-state index in [-0.39, 0.29) is 18.8 Å². The number of nitrogens with zero attached hydrogens (tertiary/aromatic N) is 1. The second-order valence-electron chi connectivity index (χ2n) is 2.81. The number of carbonyl (C=O) groups excluding carboxylic acids is 1. The van der Waals surface area contributed by atoms with Gasteiger partial charge in [0.1, 0.15) is 12.9 Å². The monoisotopic (exact) mass is 183 g/mol. The van der Waals surface area contributed by atoms with Gasteiger partial charge >= 0.3 is 0 Å². The third kappa shape index (κ3) is 2.44. The van der Waals surface area contributed by atoms with E-state index in [2.05, 4.69) is 5.92 Å². The van der Waals surface area contributed by atoms with Crippen LogP contribution < -0.4 is 0 Å². The van der Waals surface area contributed by atoms with Crippen LogP contribution in [0.2, 0.25) is 0 Å². The Morgan fingerprint density at radius 2 is 2.54 bits per heavy atom. The maximum absolute atomic E-state index is 11.5. The van der Waals surface area contributed by atoms with Crippen molar-refractivity contribution >= 4 is 5.91 Å². The minimum Gasteiger partial charge on any atom is -0.359 e. The summed E-state index contributed by atoms with van der Waals surface area (Å²) in [7, 11) is 1.53. The molecule has 1 aliphatic heterocycles. The molecule has 1 unspecified atom stereocenters. The SMILES string of the molecule is C#CCN1CCC(OCOC)C1=O. The van der Waals surface area contributed by atoms with Crippen LogP contribution >= 0.6 is 0 Å². The van der Waals surface area contributed by atoms with Crippen molar-refractivity contribution in [2.24, 2.45) is 0 Å². The standard InChI is InChI=1S/C9H13NO3/c1-3-5-10-6-4-8(9(10)11)13-7-12-2/h1,8H,4-7H2,2H3. The van der Waals surface area contributed by atoms with Gasteiger partial charge in [-0.25, -0.2) is 0 Å². The molecule has 0 aromatic carbocycles. The summed E-state index contributed by atoms with van der Waals surface area (Å²) in [5.41, 5.74) is 0. The van der Waals surface area contributed by atoms with E-state index in [1.165, 1.54) is 7.11 Å². The van der Waals surface area contributed by atoms with Gasteiger partial charge in [-0.3, -0.25) is 4.79 Å². The van der Waals surface area contributed by atoms with Gasteiger partial charge < -0.3 is 14.4 Å². The smallest absolute Gasteiger partial charge is 0.252 e. The van der Waals surface area contributed by atoms with Crippen LogP contribution in [0.4, 0.5) is 0 Å². The number of hydrogen-bond acceptors (Lipinski definition) is 3. The van der Waals surface area contributed by atoms with Crippen molar-refractivity contribution < 1.29 is 14.3 Å². The maximum atomic E-state index is 11.5. The third-order valence-electron chi connectivity index (χ3n) is 1.92. The zero-order valence-corrected chi connectivity index (χ0v) is 7.66. The van der Waals surface area contributed by atoms with Crippen molar-refractivity contribution in [3.63, 3.8) is 0 Å². The second-order valence-corrected chi connectivity index (χ2v) is 2.81. The Bertz CT molecular complexity index is 221. The molecule has 4 heteroatoms. The molecule has 0 N–H and O–H groups in total. The average molecular weight is 183 g/mol. The van der Waals surface area contributed by atoms with Crippen LogP contribution in [0.5, 0.6) is 0 Å². The summed E-state index contributed by atoms with van der Waals surface area (Å²) in [5, 5.41) is 0.